The first-order valence-corrected chi connectivity index (χ1v) is 9.56. The molecule has 1 aromatic rings. The number of rotatable bonds is 3. The topological polar surface area (TPSA) is 21.7 Å². The van der Waals surface area contributed by atoms with Crippen molar-refractivity contribution in [2.75, 3.05) is 19.6 Å². The first-order chi connectivity index (χ1) is 11.9. The quantitative estimate of drug-likeness (QED) is 0.759. The largest absolute Gasteiger partial charge is 0.487 e. The molecule has 0 aromatic heterocycles. The van der Waals surface area contributed by atoms with Crippen LogP contribution in [-0.4, -0.2) is 35.7 Å². The van der Waals surface area contributed by atoms with Gasteiger partial charge in [0.2, 0.25) is 0 Å². The third kappa shape index (κ3) is 3.71. The van der Waals surface area contributed by atoms with Crippen LogP contribution in [0.4, 0.5) is 0 Å². The van der Waals surface area contributed by atoms with Crippen LogP contribution in [0.2, 0.25) is 0 Å². The van der Waals surface area contributed by atoms with Crippen molar-refractivity contribution in [3.63, 3.8) is 0 Å². The molecule has 0 N–H and O–H groups in total. The number of benzene rings is 1. The lowest BCUT2D eigenvalue weighted by Gasteiger charge is -2.50. The Morgan fingerprint density at radius 1 is 1.16 bits per heavy atom. The molecule has 0 aliphatic carbocycles. The average Bonchev–Trinajstić information content (AvgIpc) is 2.58. The molecule has 2 heterocycles. The minimum atomic E-state index is -0.380. The smallest absolute Gasteiger partial charge is 0.126 e. The lowest BCUT2D eigenvalue weighted by atomic mass is 9.73. The van der Waals surface area contributed by atoms with Gasteiger partial charge in [-0.25, -0.2) is 0 Å². The summed E-state index contributed by atoms with van der Waals surface area (Å²) in [6.45, 7) is 13.7. The first kappa shape index (κ1) is 18.3. The molecule has 0 radical (unpaired) electrons. The van der Waals surface area contributed by atoms with Crippen LogP contribution in [0.15, 0.2) is 24.3 Å². The molecule has 3 atom stereocenters. The van der Waals surface area contributed by atoms with Gasteiger partial charge in [0, 0.05) is 11.5 Å². The molecule has 2 aliphatic rings. The zero-order valence-corrected chi connectivity index (χ0v) is 16.3. The van der Waals surface area contributed by atoms with Crippen molar-refractivity contribution in [1.82, 2.24) is 4.90 Å². The highest BCUT2D eigenvalue weighted by Gasteiger charge is 2.49. The molecule has 1 fully saturated rings. The van der Waals surface area contributed by atoms with Crippen LogP contribution >= 0.6 is 0 Å². The Bertz CT molecular complexity index is 668. The molecule has 1 saturated heterocycles. The van der Waals surface area contributed by atoms with E-state index in [4.69, 9.17) is 9.47 Å². The molecule has 3 nitrogen and oxygen atoms in total. The van der Waals surface area contributed by atoms with Crippen LogP contribution < -0.4 is 4.74 Å². The second kappa shape index (κ2) is 7.02. The van der Waals surface area contributed by atoms with Gasteiger partial charge in [-0.05, 0) is 52.8 Å². The second-order valence-corrected chi connectivity index (χ2v) is 7.92. The molecule has 0 saturated carbocycles. The monoisotopic (exact) mass is 341 g/mol. The van der Waals surface area contributed by atoms with E-state index in [9.17, 15) is 0 Å². The highest BCUT2D eigenvalue weighted by Crippen LogP contribution is 2.52. The van der Waals surface area contributed by atoms with E-state index in [1.165, 1.54) is 5.56 Å². The molecule has 136 valence electrons. The highest BCUT2D eigenvalue weighted by atomic mass is 16.5. The van der Waals surface area contributed by atoms with Crippen LogP contribution in [0.1, 0.15) is 59.1 Å². The number of nitrogens with zero attached hydrogens (tertiary/aromatic N) is 1. The predicted octanol–water partition coefficient (Wildman–Crippen LogP) is 4.43. The fourth-order valence-corrected chi connectivity index (χ4v) is 4.04. The normalized spacial score (nSPS) is 29.8. The first-order valence-electron chi connectivity index (χ1n) is 9.56. The SMILES string of the molecule is CCN(CC)CC#CC1(C)CCC2C(O1)c1ccccc1OC2(C)C. The third-order valence-corrected chi connectivity index (χ3v) is 5.73. The highest BCUT2D eigenvalue weighted by molar-refractivity contribution is 5.39. The fourth-order valence-electron chi connectivity index (χ4n) is 4.04. The summed E-state index contributed by atoms with van der Waals surface area (Å²) in [5, 5.41) is 0. The molecule has 25 heavy (non-hydrogen) atoms. The van der Waals surface area contributed by atoms with Gasteiger partial charge in [0.15, 0.2) is 0 Å². The summed E-state index contributed by atoms with van der Waals surface area (Å²) in [6, 6.07) is 8.28. The lowest BCUT2D eigenvalue weighted by molar-refractivity contribution is -0.169. The number of fused-ring (bicyclic) bond motifs is 3. The molecule has 0 amide bonds. The van der Waals surface area contributed by atoms with E-state index in [2.05, 4.69) is 69.6 Å². The summed E-state index contributed by atoms with van der Waals surface area (Å²) in [6.07, 6.45) is 2.08. The molecule has 3 unspecified atom stereocenters. The van der Waals surface area contributed by atoms with Gasteiger partial charge in [-0.2, -0.15) is 0 Å². The van der Waals surface area contributed by atoms with Crippen LogP contribution in [-0.2, 0) is 4.74 Å². The van der Waals surface area contributed by atoms with E-state index < -0.39 is 0 Å². The Hall–Kier alpha value is -1.50. The van der Waals surface area contributed by atoms with Crippen LogP contribution in [0.5, 0.6) is 5.75 Å². The van der Waals surface area contributed by atoms with Crippen molar-refractivity contribution in [1.29, 1.82) is 0 Å². The van der Waals surface area contributed by atoms with Gasteiger partial charge in [-0.3, -0.25) is 4.90 Å². The Labute approximate surface area is 152 Å². The van der Waals surface area contributed by atoms with Gasteiger partial charge >= 0.3 is 0 Å². The zero-order valence-electron chi connectivity index (χ0n) is 16.3. The number of ether oxygens (including phenoxy) is 2. The van der Waals surface area contributed by atoms with Gasteiger partial charge in [-0.1, -0.05) is 43.9 Å². The van der Waals surface area contributed by atoms with Crippen molar-refractivity contribution in [2.24, 2.45) is 5.92 Å². The molecule has 3 rings (SSSR count). The Morgan fingerprint density at radius 2 is 1.88 bits per heavy atom. The maximum Gasteiger partial charge on any atom is 0.126 e. The Kier molecular flexibility index (Phi) is 5.14. The molecular formula is C22H31NO2. The van der Waals surface area contributed by atoms with E-state index in [1.807, 2.05) is 6.07 Å². The Balaban J connectivity index is 1.83. The maximum atomic E-state index is 6.62. The summed E-state index contributed by atoms with van der Waals surface area (Å²) >= 11 is 0. The van der Waals surface area contributed by atoms with Crippen LogP contribution in [0, 0.1) is 17.8 Å². The van der Waals surface area contributed by atoms with E-state index in [0.29, 0.717) is 5.92 Å². The Morgan fingerprint density at radius 3 is 2.60 bits per heavy atom. The van der Waals surface area contributed by atoms with Crippen molar-refractivity contribution in [2.45, 2.75) is 64.8 Å². The summed E-state index contributed by atoms with van der Waals surface area (Å²) in [5.41, 5.74) is 0.576. The van der Waals surface area contributed by atoms with Gasteiger partial charge < -0.3 is 9.47 Å². The minimum absolute atomic E-state index is 0.0569. The number of para-hydroxylation sites is 1. The predicted molar refractivity (Wildman–Crippen MR) is 102 cm³/mol. The van der Waals surface area contributed by atoms with Gasteiger partial charge in [-0.15, -0.1) is 0 Å². The lowest BCUT2D eigenvalue weighted by Crippen LogP contribution is -2.50. The fraction of sp³-hybridized carbons (Fsp3) is 0.636. The standard InChI is InChI=1S/C22H31NO2/c1-6-23(7-2)16-10-14-22(5)15-13-18-20(25-22)17-11-8-9-12-19(17)24-21(18,3)4/h8-9,11-12,18,20H,6-7,13,15-16H2,1-5H3. The van der Waals surface area contributed by atoms with E-state index in [0.717, 1.165) is 38.2 Å². The summed E-state index contributed by atoms with van der Waals surface area (Å²) in [7, 11) is 0. The van der Waals surface area contributed by atoms with Crippen molar-refractivity contribution >= 4 is 0 Å². The zero-order chi connectivity index (χ0) is 18.1. The van der Waals surface area contributed by atoms with Crippen LogP contribution in [0.3, 0.4) is 0 Å². The molecule has 1 aromatic carbocycles. The summed E-state index contributed by atoms with van der Waals surface area (Å²) in [5.74, 6) is 8.11. The van der Waals surface area contributed by atoms with Crippen molar-refractivity contribution in [3.05, 3.63) is 29.8 Å². The minimum Gasteiger partial charge on any atom is -0.487 e. The number of hydrogen-bond acceptors (Lipinski definition) is 3. The van der Waals surface area contributed by atoms with Crippen molar-refractivity contribution in [3.8, 4) is 17.6 Å². The second-order valence-electron chi connectivity index (χ2n) is 7.92. The summed E-state index contributed by atoms with van der Waals surface area (Å²) < 4.78 is 12.9. The molecular weight excluding hydrogens is 310 g/mol. The van der Waals surface area contributed by atoms with E-state index in [-0.39, 0.29) is 17.3 Å². The molecule has 0 bridgehead atoms. The summed E-state index contributed by atoms with van der Waals surface area (Å²) in [4.78, 5) is 2.33. The van der Waals surface area contributed by atoms with Crippen molar-refractivity contribution < 1.29 is 9.47 Å². The molecule has 0 spiro atoms. The van der Waals surface area contributed by atoms with E-state index in [1.54, 1.807) is 0 Å². The maximum absolute atomic E-state index is 6.62. The number of hydrogen-bond donors (Lipinski definition) is 0. The van der Waals surface area contributed by atoms with E-state index >= 15 is 0 Å². The molecule has 3 heteroatoms. The molecule has 2 aliphatic heterocycles. The van der Waals surface area contributed by atoms with Gasteiger partial charge in [0.05, 0.1) is 12.6 Å². The average molecular weight is 341 g/mol. The third-order valence-electron chi connectivity index (χ3n) is 5.73. The van der Waals surface area contributed by atoms with Gasteiger partial charge in [0.25, 0.3) is 0 Å². The van der Waals surface area contributed by atoms with Crippen LogP contribution in [0.25, 0.3) is 0 Å². The van der Waals surface area contributed by atoms with Gasteiger partial charge in [0.1, 0.15) is 17.0 Å².